The monoisotopic (exact) mass is 374 g/mol. The molecule has 1 aliphatic carbocycles. The van der Waals surface area contributed by atoms with Gasteiger partial charge >= 0.3 is 6.03 Å². The zero-order valence-electron chi connectivity index (χ0n) is 15.1. The second kappa shape index (κ2) is 6.82. The van der Waals surface area contributed by atoms with E-state index in [4.69, 9.17) is 5.26 Å². The maximum absolute atomic E-state index is 13.2. The van der Waals surface area contributed by atoms with Crippen LogP contribution in [0.25, 0.3) is 0 Å². The van der Waals surface area contributed by atoms with E-state index in [1.165, 1.54) is 6.07 Å². The third-order valence-electron chi connectivity index (χ3n) is 5.23. The Kier molecular flexibility index (Phi) is 4.32. The quantitative estimate of drug-likeness (QED) is 0.805. The first-order chi connectivity index (χ1) is 13.5. The van der Waals surface area contributed by atoms with Crippen molar-refractivity contribution >= 4 is 23.5 Å². The van der Waals surface area contributed by atoms with Gasteiger partial charge < -0.3 is 10.6 Å². The minimum absolute atomic E-state index is 0.384. The van der Waals surface area contributed by atoms with E-state index in [2.05, 4.69) is 10.6 Å². The van der Waals surface area contributed by atoms with Crippen molar-refractivity contribution in [1.29, 1.82) is 5.26 Å². The number of nitrogens with zero attached hydrogens (tertiary/aromatic N) is 2. The smallest absolute Gasteiger partial charge is 0.324 e. The van der Waals surface area contributed by atoms with Crippen LogP contribution in [-0.4, -0.2) is 29.3 Å². The Balaban J connectivity index is 1.54. The van der Waals surface area contributed by atoms with E-state index in [-0.39, 0.29) is 6.54 Å². The SMILES string of the molecule is N#Cc1cccc(NC(=O)CN2C(=O)NC3(CCCc4ccccc43)C2=O)c1. The van der Waals surface area contributed by atoms with Crippen molar-refractivity contribution in [2.45, 2.75) is 24.8 Å². The fourth-order valence-corrected chi connectivity index (χ4v) is 3.97. The predicted octanol–water partition coefficient (Wildman–Crippen LogP) is 2.28. The van der Waals surface area contributed by atoms with Crippen LogP contribution in [0.2, 0.25) is 0 Å². The lowest BCUT2D eigenvalue weighted by molar-refractivity contribution is -0.134. The molecule has 2 aromatic carbocycles. The fourth-order valence-electron chi connectivity index (χ4n) is 3.97. The van der Waals surface area contributed by atoms with E-state index in [1.54, 1.807) is 18.2 Å². The van der Waals surface area contributed by atoms with Crippen molar-refractivity contribution in [2.24, 2.45) is 0 Å². The van der Waals surface area contributed by atoms with Crippen molar-refractivity contribution in [2.75, 3.05) is 11.9 Å². The van der Waals surface area contributed by atoms with E-state index in [0.717, 1.165) is 28.9 Å². The van der Waals surface area contributed by atoms with Gasteiger partial charge in [-0.1, -0.05) is 30.3 Å². The van der Waals surface area contributed by atoms with Gasteiger partial charge in [0.1, 0.15) is 12.1 Å². The lowest BCUT2D eigenvalue weighted by atomic mass is 9.76. The number of nitriles is 1. The molecule has 1 heterocycles. The normalized spacial score (nSPS) is 20.5. The van der Waals surface area contributed by atoms with Crippen molar-refractivity contribution < 1.29 is 14.4 Å². The average molecular weight is 374 g/mol. The van der Waals surface area contributed by atoms with Crippen molar-refractivity contribution in [1.82, 2.24) is 10.2 Å². The number of carbonyl (C=O) groups excluding carboxylic acids is 3. The highest BCUT2D eigenvalue weighted by Crippen LogP contribution is 2.39. The second-order valence-electron chi connectivity index (χ2n) is 6.98. The van der Waals surface area contributed by atoms with Crippen molar-refractivity contribution in [3.63, 3.8) is 0 Å². The van der Waals surface area contributed by atoms with Gasteiger partial charge in [0.25, 0.3) is 5.91 Å². The summed E-state index contributed by atoms with van der Waals surface area (Å²) >= 11 is 0. The first-order valence-electron chi connectivity index (χ1n) is 9.06. The molecular weight excluding hydrogens is 356 g/mol. The van der Waals surface area contributed by atoms with Gasteiger partial charge in [0.15, 0.2) is 0 Å². The summed E-state index contributed by atoms with van der Waals surface area (Å²) in [5, 5.41) is 14.4. The molecule has 0 aromatic heterocycles. The molecule has 1 fully saturated rings. The van der Waals surface area contributed by atoms with Crippen LogP contribution < -0.4 is 10.6 Å². The zero-order valence-corrected chi connectivity index (χ0v) is 15.1. The molecule has 2 aromatic rings. The molecule has 1 spiro atoms. The molecule has 0 saturated carbocycles. The number of hydrogen-bond donors (Lipinski definition) is 2. The van der Waals surface area contributed by atoms with Crippen LogP contribution in [0.3, 0.4) is 0 Å². The van der Waals surface area contributed by atoms with Crippen LogP contribution in [0.1, 0.15) is 29.5 Å². The minimum atomic E-state index is -1.09. The maximum Gasteiger partial charge on any atom is 0.325 e. The number of benzene rings is 2. The standard InChI is InChI=1S/C21H18N4O3/c22-12-14-5-3-8-16(11-14)23-18(26)13-25-19(27)21(24-20(25)28)10-4-7-15-6-1-2-9-17(15)21/h1-3,5-6,8-9,11H,4,7,10,13H2,(H,23,26)(H,24,28). The first kappa shape index (κ1) is 17.7. The van der Waals surface area contributed by atoms with Crippen LogP contribution in [0, 0.1) is 11.3 Å². The third-order valence-corrected chi connectivity index (χ3v) is 5.23. The number of amides is 4. The number of imide groups is 1. The lowest BCUT2D eigenvalue weighted by Crippen LogP contribution is -2.47. The van der Waals surface area contributed by atoms with Crippen LogP contribution >= 0.6 is 0 Å². The summed E-state index contributed by atoms with van der Waals surface area (Å²) in [5.74, 6) is -0.898. The first-order valence-corrected chi connectivity index (χ1v) is 9.06. The Hall–Kier alpha value is -3.66. The molecule has 1 atom stereocenters. The molecule has 2 N–H and O–H groups in total. The second-order valence-corrected chi connectivity index (χ2v) is 6.98. The summed E-state index contributed by atoms with van der Waals surface area (Å²) in [6, 6.07) is 15.5. The van der Waals surface area contributed by atoms with E-state index in [0.29, 0.717) is 17.7 Å². The summed E-state index contributed by atoms with van der Waals surface area (Å²) < 4.78 is 0. The van der Waals surface area contributed by atoms with Crippen molar-refractivity contribution in [3.8, 4) is 6.07 Å². The molecule has 1 unspecified atom stereocenters. The third kappa shape index (κ3) is 2.89. The molecule has 28 heavy (non-hydrogen) atoms. The number of carbonyl (C=O) groups is 3. The summed E-state index contributed by atoms with van der Waals surface area (Å²) in [4.78, 5) is 39.1. The molecule has 1 saturated heterocycles. The Morgan fingerprint density at radius 2 is 2.04 bits per heavy atom. The van der Waals surface area contributed by atoms with Gasteiger partial charge in [-0.05, 0) is 48.6 Å². The number of anilines is 1. The molecule has 0 bridgehead atoms. The van der Waals surface area contributed by atoms with Gasteiger partial charge in [-0.3, -0.25) is 14.5 Å². The van der Waals surface area contributed by atoms with Gasteiger partial charge in [-0.25, -0.2) is 4.79 Å². The number of hydrogen-bond acceptors (Lipinski definition) is 4. The van der Waals surface area contributed by atoms with Gasteiger partial charge in [0.2, 0.25) is 5.91 Å². The Morgan fingerprint density at radius 3 is 2.86 bits per heavy atom. The molecule has 4 amide bonds. The molecule has 4 rings (SSSR count). The maximum atomic E-state index is 13.2. The van der Waals surface area contributed by atoms with Crippen LogP contribution in [0.4, 0.5) is 10.5 Å². The summed E-state index contributed by atoms with van der Waals surface area (Å²) in [7, 11) is 0. The summed E-state index contributed by atoms with van der Waals surface area (Å²) in [6.07, 6.45) is 2.15. The summed E-state index contributed by atoms with van der Waals surface area (Å²) in [6.45, 7) is -0.384. The number of urea groups is 1. The highest BCUT2D eigenvalue weighted by atomic mass is 16.2. The number of fused-ring (bicyclic) bond motifs is 2. The highest BCUT2D eigenvalue weighted by molar-refractivity contribution is 6.10. The number of rotatable bonds is 3. The molecule has 2 aliphatic rings. The van der Waals surface area contributed by atoms with Gasteiger partial charge in [-0.15, -0.1) is 0 Å². The Morgan fingerprint density at radius 1 is 1.21 bits per heavy atom. The van der Waals surface area contributed by atoms with Gasteiger partial charge in [0, 0.05) is 5.69 Å². The molecule has 1 aliphatic heterocycles. The largest absolute Gasteiger partial charge is 0.325 e. The van der Waals surface area contributed by atoms with Crippen molar-refractivity contribution in [3.05, 3.63) is 65.2 Å². The highest BCUT2D eigenvalue weighted by Gasteiger charge is 2.54. The van der Waals surface area contributed by atoms with Crippen LogP contribution in [0.5, 0.6) is 0 Å². The average Bonchev–Trinajstić information content (AvgIpc) is 2.93. The van der Waals surface area contributed by atoms with Gasteiger partial charge in [0.05, 0.1) is 11.6 Å². The Labute approximate surface area is 161 Å². The number of aryl methyl sites for hydroxylation is 1. The zero-order chi connectivity index (χ0) is 19.7. The Bertz CT molecular complexity index is 1030. The van der Waals surface area contributed by atoms with E-state index < -0.39 is 23.4 Å². The molecule has 0 radical (unpaired) electrons. The molecular formula is C21H18N4O3. The van der Waals surface area contributed by atoms with E-state index >= 15 is 0 Å². The lowest BCUT2D eigenvalue weighted by Gasteiger charge is -2.33. The van der Waals surface area contributed by atoms with E-state index in [9.17, 15) is 14.4 Å². The van der Waals surface area contributed by atoms with Crippen LogP contribution in [0.15, 0.2) is 48.5 Å². The summed E-state index contributed by atoms with van der Waals surface area (Å²) in [5.41, 5.74) is 1.61. The van der Waals surface area contributed by atoms with Gasteiger partial charge in [-0.2, -0.15) is 5.26 Å². The molecule has 7 nitrogen and oxygen atoms in total. The minimum Gasteiger partial charge on any atom is -0.324 e. The topological polar surface area (TPSA) is 102 Å². The predicted molar refractivity (Wildman–Crippen MR) is 101 cm³/mol. The molecule has 7 heteroatoms. The number of nitrogens with one attached hydrogen (secondary N) is 2. The fraction of sp³-hybridized carbons (Fsp3) is 0.238. The van der Waals surface area contributed by atoms with E-state index in [1.807, 2.05) is 30.3 Å². The van der Waals surface area contributed by atoms with Crippen LogP contribution in [-0.2, 0) is 21.5 Å². The molecule has 140 valence electrons.